The Hall–Kier alpha value is -2.48. The number of aryl methyl sites for hydroxylation is 2. The molecule has 2 N–H and O–H groups in total. The Kier molecular flexibility index (Phi) is 5.06. The Balaban J connectivity index is 1.82. The fourth-order valence-electron chi connectivity index (χ4n) is 4.41. The van der Waals surface area contributed by atoms with Crippen LogP contribution in [0.4, 0.5) is 11.1 Å². The zero-order chi connectivity index (χ0) is 19.7. The molecule has 3 heterocycles. The summed E-state index contributed by atoms with van der Waals surface area (Å²) in [6.07, 6.45) is 3.16. The molecule has 0 atom stereocenters. The highest BCUT2D eigenvalue weighted by Crippen LogP contribution is 2.32. The minimum absolute atomic E-state index is 0.594. The average molecular weight is 394 g/mol. The van der Waals surface area contributed by atoms with Crippen LogP contribution in [-0.2, 0) is 0 Å². The molecule has 0 fully saturated rings. The van der Waals surface area contributed by atoms with Gasteiger partial charge in [-0.05, 0) is 32.0 Å². The van der Waals surface area contributed by atoms with Crippen LogP contribution in [0.1, 0.15) is 38.1 Å². The summed E-state index contributed by atoms with van der Waals surface area (Å²) in [5, 5.41) is 7.98. The molecule has 0 saturated heterocycles. The predicted octanol–water partition coefficient (Wildman–Crippen LogP) is 4.60. The molecule has 0 spiro atoms. The van der Waals surface area contributed by atoms with Crippen LogP contribution in [-0.4, -0.2) is 22.3 Å². The SMILES string of the molecule is CCC[B-]1(CCC)N=C(Nc2nc(C)cc(C)n2)Nc2sc3ccccc3[n+]21. The largest absolute Gasteiger partial charge is 0.400 e. The van der Waals surface area contributed by atoms with Crippen molar-refractivity contribution >= 4 is 45.0 Å². The second-order valence-electron chi connectivity index (χ2n) is 7.66. The molecule has 6 nitrogen and oxygen atoms in total. The first-order valence-electron chi connectivity index (χ1n) is 10.1. The highest BCUT2D eigenvalue weighted by Gasteiger charge is 2.40. The van der Waals surface area contributed by atoms with E-state index in [1.54, 1.807) is 11.3 Å². The Morgan fingerprint density at radius 3 is 2.43 bits per heavy atom. The van der Waals surface area contributed by atoms with Gasteiger partial charge in [0.2, 0.25) is 5.95 Å². The Morgan fingerprint density at radius 2 is 1.75 bits per heavy atom. The molecule has 0 bridgehead atoms. The van der Waals surface area contributed by atoms with Crippen LogP contribution in [0.2, 0.25) is 12.6 Å². The van der Waals surface area contributed by atoms with E-state index in [4.69, 9.17) is 4.90 Å². The van der Waals surface area contributed by atoms with E-state index in [1.165, 1.54) is 10.2 Å². The zero-order valence-corrected chi connectivity index (χ0v) is 17.8. The fourth-order valence-corrected chi connectivity index (χ4v) is 5.57. The summed E-state index contributed by atoms with van der Waals surface area (Å²) in [6.45, 7) is 8.45. The predicted molar refractivity (Wildman–Crippen MR) is 120 cm³/mol. The molecule has 28 heavy (non-hydrogen) atoms. The summed E-state index contributed by atoms with van der Waals surface area (Å²) in [7, 11) is 0. The van der Waals surface area contributed by atoms with Gasteiger partial charge in [0.05, 0.1) is 10.2 Å². The maximum atomic E-state index is 5.26. The van der Waals surface area contributed by atoms with Crippen molar-refractivity contribution in [1.29, 1.82) is 0 Å². The number of fused-ring (bicyclic) bond motifs is 3. The molecule has 3 aromatic rings. The third-order valence-corrected chi connectivity index (χ3v) is 6.40. The summed E-state index contributed by atoms with van der Waals surface area (Å²) >= 11 is 1.78. The minimum Gasteiger partial charge on any atom is -0.400 e. The first-order chi connectivity index (χ1) is 13.5. The number of para-hydroxylation sites is 1. The third-order valence-electron chi connectivity index (χ3n) is 5.34. The highest BCUT2D eigenvalue weighted by atomic mass is 32.1. The summed E-state index contributed by atoms with van der Waals surface area (Å²) in [4.78, 5) is 14.3. The summed E-state index contributed by atoms with van der Waals surface area (Å²) < 4.78 is 3.74. The van der Waals surface area contributed by atoms with Gasteiger partial charge < -0.3 is 9.38 Å². The third kappa shape index (κ3) is 3.37. The van der Waals surface area contributed by atoms with E-state index in [0.29, 0.717) is 5.95 Å². The molecular weight excluding hydrogens is 367 g/mol. The topological polar surface area (TPSA) is 66.1 Å². The van der Waals surface area contributed by atoms with Gasteiger partial charge in [-0.3, -0.25) is 5.32 Å². The highest BCUT2D eigenvalue weighted by molar-refractivity contribution is 7.22. The van der Waals surface area contributed by atoms with Crippen LogP contribution in [0.15, 0.2) is 35.2 Å². The van der Waals surface area contributed by atoms with Crippen LogP contribution in [0, 0.1) is 13.8 Å². The molecule has 0 amide bonds. The van der Waals surface area contributed by atoms with Gasteiger partial charge in [0.15, 0.2) is 0 Å². The number of guanidine groups is 1. The van der Waals surface area contributed by atoms with E-state index >= 15 is 0 Å². The summed E-state index contributed by atoms with van der Waals surface area (Å²) in [5.74, 6) is 1.34. The van der Waals surface area contributed by atoms with Crippen molar-refractivity contribution in [2.75, 3.05) is 10.6 Å². The van der Waals surface area contributed by atoms with Crippen molar-refractivity contribution in [2.45, 2.75) is 53.2 Å². The molecule has 0 aliphatic carbocycles. The van der Waals surface area contributed by atoms with Gasteiger partial charge in [-0.15, -0.1) is 12.6 Å². The fraction of sp³-hybridized carbons (Fsp3) is 0.400. The monoisotopic (exact) mass is 394 g/mol. The second kappa shape index (κ2) is 7.51. The van der Waals surface area contributed by atoms with Gasteiger partial charge in [0.25, 0.3) is 11.1 Å². The molecule has 1 aliphatic heterocycles. The molecule has 0 saturated carbocycles. The standard InChI is InChI=1S/C20H27BN6S/c1-5-11-21(12-6-2)26-19(24-18-22-14(3)13-15(4)23-18)25-20-27(21)16-9-7-8-10-17(16)28-20/h7-10,13H,5-6,11-12H2,1-4H3,(H2,22,23,24,25,26). The van der Waals surface area contributed by atoms with E-state index in [1.807, 2.05) is 19.9 Å². The minimum atomic E-state index is -1.12. The smallest absolute Gasteiger partial charge is 0.305 e. The number of nitrogens with zero attached hydrogens (tertiary/aromatic N) is 4. The number of hydrogen-bond acceptors (Lipinski definition) is 6. The Bertz CT molecular complexity index is 1020. The van der Waals surface area contributed by atoms with E-state index in [-0.39, 0.29) is 0 Å². The number of aromatic nitrogens is 3. The first-order valence-corrected chi connectivity index (χ1v) is 10.9. The molecule has 2 aromatic heterocycles. The van der Waals surface area contributed by atoms with Gasteiger partial charge in [0.1, 0.15) is 0 Å². The molecule has 146 valence electrons. The molecule has 8 heteroatoms. The Morgan fingerprint density at radius 1 is 1.07 bits per heavy atom. The second-order valence-corrected chi connectivity index (χ2v) is 8.69. The van der Waals surface area contributed by atoms with Gasteiger partial charge >= 0.3 is 6.42 Å². The van der Waals surface area contributed by atoms with Gasteiger partial charge in [-0.25, -0.2) is 15.3 Å². The van der Waals surface area contributed by atoms with Crippen molar-refractivity contribution < 1.29 is 4.48 Å². The molecule has 1 aromatic carbocycles. The van der Waals surface area contributed by atoms with Crippen LogP contribution in [0.5, 0.6) is 0 Å². The van der Waals surface area contributed by atoms with Crippen LogP contribution >= 0.6 is 11.3 Å². The number of benzene rings is 1. The lowest BCUT2D eigenvalue weighted by Crippen LogP contribution is -2.67. The lowest BCUT2D eigenvalue weighted by molar-refractivity contribution is -0.499. The molecule has 4 rings (SSSR count). The van der Waals surface area contributed by atoms with E-state index in [2.05, 4.69) is 63.2 Å². The zero-order valence-electron chi connectivity index (χ0n) is 17.0. The molecule has 1 aliphatic rings. The Labute approximate surface area is 170 Å². The lowest BCUT2D eigenvalue weighted by Gasteiger charge is -2.37. The maximum Gasteiger partial charge on any atom is 0.305 e. The molecule has 0 unspecified atom stereocenters. The van der Waals surface area contributed by atoms with E-state index in [9.17, 15) is 0 Å². The van der Waals surface area contributed by atoms with Crippen LogP contribution < -0.4 is 15.1 Å². The van der Waals surface area contributed by atoms with Crippen molar-refractivity contribution in [2.24, 2.45) is 4.90 Å². The number of rotatable bonds is 5. The number of hydrogen-bond donors (Lipinski definition) is 2. The molecule has 0 radical (unpaired) electrons. The van der Waals surface area contributed by atoms with Crippen molar-refractivity contribution in [3.05, 3.63) is 41.7 Å². The van der Waals surface area contributed by atoms with Gasteiger partial charge in [0, 0.05) is 11.4 Å². The average Bonchev–Trinajstić information content (AvgIpc) is 3.00. The first kappa shape index (κ1) is 18.9. The van der Waals surface area contributed by atoms with E-state index in [0.717, 1.165) is 48.0 Å². The van der Waals surface area contributed by atoms with Crippen molar-refractivity contribution in [3.8, 4) is 0 Å². The number of thiazole rings is 1. The van der Waals surface area contributed by atoms with Crippen molar-refractivity contribution in [1.82, 2.24) is 9.97 Å². The summed E-state index contributed by atoms with van der Waals surface area (Å²) in [5.41, 5.74) is 3.16. The number of anilines is 2. The van der Waals surface area contributed by atoms with Crippen LogP contribution in [0.3, 0.4) is 0 Å². The van der Waals surface area contributed by atoms with Crippen LogP contribution in [0.25, 0.3) is 10.2 Å². The normalized spacial score (nSPS) is 15.1. The lowest BCUT2D eigenvalue weighted by atomic mass is 9.40. The quantitative estimate of drug-likeness (QED) is 0.621. The number of nitrogens with one attached hydrogen (secondary N) is 2. The van der Waals surface area contributed by atoms with Crippen molar-refractivity contribution in [3.63, 3.8) is 0 Å². The van der Waals surface area contributed by atoms with E-state index < -0.39 is 6.42 Å². The van der Waals surface area contributed by atoms with Gasteiger partial charge in [-0.1, -0.05) is 50.2 Å². The summed E-state index contributed by atoms with van der Waals surface area (Å²) in [6, 6.07) is 10.6. The van der Waals surface area contributed by atoms with Gasteiger partial charge in [-0.2, -0.15) is 0 Å². The maximum absolute atomic E-state index is 5.26. The molecular formula is C20H27BN6S.